The fourth-order valence-electron chi connectivity index (χ4n) is 2.59. The second-order valence-corrected chi connectivity index (χ2v) is 7.60. The fourth-order valence-corrected chi connectivity index (χ4v) is 4.02. The number of ether oxygens (including phenoxy) is 1. The van der Waals surface area contributed by atoms with Gasteiger partial charge >= 0.3 is 0 Å². The Balaban J connectivity index is 1.64. The quantitative estimate of drug-likeness (QED) is 0.744. The number of anilines is 1. The van der Waals surface area contributed by atoms with E-state index in [-0.39, 0.29) is 11.5 Å². The third-order valence-corrected chi connectivity index (χ3v) is 5.83. The van der Waals surface area contributed by atoms with Crippen LogP contribution in [0.4, 0.5) is 5.95 Å². The molecule has 0 saturated carbocycles. The average Bonchev–Trinajstić information content (AvgIpc) is 2.67. The number of carbonyl (C=O) groups is 1. The van der Waals surface area contributed by atoms with Crippen LogP contribution >= 0.6 is 0 Å². The van der Waals surface area contributed by atoms with E-state index >= 15 is 0 Å². The van der Waals surface area contributed by atoms with E-state index in [4.69, 9.17) is 10.5 Å². The van der Waals surface area contributed by atoms with Crippen molar-refractivity contribution in [3.05, 3.63) is 42.7 Å². The third kappa shape index (κ3) is 4.09. The van der Waals surface area contributed by atoms with Crippen molar-refractivity contribution in [2.24, 2.45) is 5.73 Å². The molecule has 2 aromatic rings. The molecule has 0 aliphatic carbocycles. The number of carbonyl (C=O) groups excluding carboxylic acids is 1. The molecule has 1 aliphatic heterocycles. The van der Waals surface area contributed by atoms with Crippen molar-refractivity contribution in [2.75, 3.05) is 37.7 Å². The first-order valence-corrected chi connectivity index (χ1v) is 9.44. The maximum absolute atomic E-state index is 12.8. The number of nitrogens with two attached hydrogens (primary N) is 1. The molecule has 1 aromatic heterocycles. The number of primary amides is 1. The van der Waals surface area contributed by atoms with Crippen molar-refractivity contribution in [2.45, 2.75) is 4.90 Å². The van der Waals surface area contributed by atoms with E-state index in [0.717, 1.165) is 0 Å². The van der Waals surface area contributed by atoms with Gasteiger partial charge in [-0.25, -0.2) is 18.4 Å². The Labute approximate surface area is 151 Å². The van der Waals surface area contributed by atoms with Gasteiger partial charge in [-0.3, -0.25) is 4.79 Å². The number of hydrogen-bond acceptors (Lipinski definition) is 7. The predicted molar refractivity (Wildman–Crippen MR) is 94.1 cm³/mol. The number of hydrogen-bond donors (Lipinski definition) is 1. The molecule has 9 nitrogen and oxygen atoms in total. The maximum Gasteiger partial charge on any atom is 0.255 e. The molecule has 2 N–H and O–H groups in total. The Bertz CT molecular complexity index is 850. The predicted octanol–water partition coefficient (Wildman–Crippen LogP) is -0.148. The smallest absolute Gasteiger partial charge is 0.255 e. The first-order valence-electron chi connectivity index (χ1n) is 8.00. The zero-order valence-corrected chi connectivity index (χ0v) is 14.8. The van der Waals surface area contributed by atoms with Crippen LogP contribution in [-0.2, 0) is 14.8 Å². The Morgan fingerprint density at radius 2 is 1.69 bits per heavy atom. The zero-order chi connectivity index (χ0) is 18.6. The summed E-state index contributed by atoms with van der Waals surface area (Å²) in [4.78, 5) is 21.2. The van der Waals surface area contributed by atoms with Crippen LogP contribution in [0.25, 0.3) is 0 Å². The van der Waals surface area contributed by atoms with Gasteiger partial charge in [0.05, 0.1) is 4.90 Å². The number of nitrogens with zero attached hydrogens (tertiary/aromatic N) is 4. The van der Waals surface area contributed by atoms with Crippen LogP contribution < -0.4 is 15.4 Å². The Morgan fingerprint density at radius 3 is 2.27 bits per heavy atom. The molecule has 3 rings (SSSR count). The molecule has 0 radical (unpaired) electrons. The molecule has 0 bridgehead atoms. The molecule has 1 saturated heterocycles. The molecule has 1 aromatic carbocycles. The summed E-state index contributed by atoms with van der Waals surface area (Å²) in [7, 11) is -3.60. The largest absolute Gasteiger partial charge is 0.484 e. The molecule has 0 spiro atoms. The SMILES string of the molecule is NC(=O)COc1ccc(S(=O)(=O)N2CCN(c3ncccn3)CC2)cc1. The summed E-state index contributed by atoms with van der Waals surface area (Å²) >= 11 is 0. The molecule has 1 aliphatic rings. The molecular weight excluding hydrogens is 358 g/mol. The minimum Gasteiger partial charge on any atom is -0.484 e. The topological polar surface area (TPSA) is 119 Å². The zero-order valence-electron chi connectivity index (χ0n) is 14.0. The third-order valence-electron chi connectivity index (χ3n) is 3.92. The highest BCUT2D eigenvalue weighted by molar-refractivity contribution is 7.89. The molecule has 138 valence electrons. The lowest BCUT2D eigenvalue weighted by Gasteiger charge is -2.33. The summed E-state index contributed by atoms with van der Waals surface area (Å²) in [5.74, 6) is 0.385. The van der Waals surface area contributed by atoms with E-state index in [9.17, 15) is 13.2 Å². The van der Waals surface area contributed by atoms with Crippen molar-refractivity contribution in [3.63, 3.8) is 0 Å². The van der Waals surface area contributed by atoms with Gasteiger partial charge in [-0.1, -0.05) is 0 Å². The van der Waals surface area contributed by atoms with Gasteiger partial charge in [0.2, 0.25) is 16.0 Å². The maximum atomic E-state index is 12.8. The summed E-state index contributed by atoms with van der Waals surface area (Å²) in [6, 6.07) is 7.66. The van der Waals surface area contributed by atoms with Crippen LogP contribution in [0.5, 0.6) is 5.75 Å². The molecule has 26 heavy (non-hydrogen) atoms. The summed E-state index contributed by atoms with van der Waals surface area (Å²) in [6.45, 7) is 1.47. The summed E-state index contributed by atoms with van der Waals surface area (Å²) < 4.78 is 32.1. The van der Waals surface area contributed by atoms with Crippen molar-refractivity contribution >= 4 is 21.9 Å². The van der Waals surface area contributed by atoms with E-state index in [1.165, 1.54) is 28.6 Å². The Hall–Kier alpha value is -2.72. The van der Waals surface area contributed by atoms with Crippen LogP contribution in [0.1, 0.15) is 0 Å². The van der Waals surface area contributed by atoms with Crippen molar-refractivity contribution in [1.82, 2.24) is 14.3 Å². The van der Waals surface area contributed by atoms with Gasteiger partial charge in [-0.2, -0.15) is 4.31 Å². The minimum atomic E-state index is -3.60. The van der Waals surface area contributed by atoms with Crippen LogP contribution in [0.3, 0.4) is 0 Å². The lowest BCUT2D eigenvalue weighted by Crippen LogP contribution is -2.49. The van der Waals surface area contributed by atoms with Crippen LogP contribution in [0.15, 0.2) is 47.6 Å². The minimum absolute atomic E-state index is 0.174. The normalized spacial score (nSPS) is 15.6. The fraction of sp³-hybridized carbons (Fsp3) is 0.312. The van der Waals surface area contributed by atoms with Gasteiger partial charge in [0.15, 0.2) is 6.61 Å². The number of piperazine rings is 1. The van der Waals surface area contributed by atoms with Gasteiger partial charge in [0.25, 0.3) is 5.91 Å². The Morgan fingerprint density at radius 1 is 1.08 bits per heavy atom. The first kappa shape index (κ1) is 18.1. The number of benzene rings is 1. The molecule has 10 heteroatoms. The van der Waals surface area contributed by atoms with Crippen molar-refractivity contribution < 1.29 is 17.9 Å². The highest BCUT2D eigenvalue weighted by Crippen LogP contribution is 2.21. The lowest BCUT2D eigenvalue weighted by atomic mass is 10.3. The number of aromatic nitrogens is 2. The highest BCUT2D eigenvalue weighted by atomic mass is 32.2. The van der Waals surface area contributed by atoms with E-state index in [1.807, 2.05) is 4.90 Å². The van der Waals surface area contributed by atoms with Gasteiger partial charge < -0.3 is 15.4 Å². The van der Waals surface area contributed by atoms with E-state index < -0.39 is 15.9 Å². The standard InChI is InChI=1S/C16H19N5O4S/c17-15(22)12-25-13-2-4-14(5-3-13)26(23,24)21-10-8-20(9-11-21)16-18-6-1-7-19-16/h1-7H,8-12H2,(H2,17,22). The number of rotatable bonds is 6. The molecule has 1 amide bonds. The van der Waals surface area contributed by atoms with Crippen molar-refractivity contribution in [3.8, 4) is 5.75 Å². The van der Waals surface area contributed by atoms with Gasteiger partial charge in [0.1, 0.15) is 5.75 Å². The van der Waals surface area contributed by atoms with Gasteiger partial charge in [0, 0.05) is 38.6 Å². The average molecular weight is 377 g/mol. The molecule has 2 heterocycles. The highest BCUT2D eigenvalue weighted by Gasteiger charge is 2.29. The van der Waals surface area contributed by atoms with Crippen LogP contribution in [-0.4, -0.2) is 61.4 Å². The van der Waals surface area contributed by atoms with E-state index in [1.54, 1.807) is 18.5 Å². The summed E-state index contributed by atoms with van der Waals surface area (Å²) in [6.07, 6.45) is 3.32. The first-order chi connectivity index (χ1) is 12.5. The molecule has 0 unspecified atom stereocenters. The molecule has 1 fully saturated rings. The van der Waals surface area contributed by atoms with Gasteiger partial charge in [-0.05, 0) is 30.3 Å². The number of sulfonamides is 1. The van der Waals surface area contributed by atoms with E-state index in [0.29, 0.717) is 37.9 Å². The van der Waals surface area contributed by atoms with Crippen LogP contribution in [0, 0.1) is 0 Å². The number of amides is 1. The molecular formula is C16H19N5O4S. The summed E-state index contributed by atoms with van der Waals surface area (Å²) in [5, 5.41) is 0. The Kier molecular flexibility index (Phi) is 5.33. The lowest BCUT2D eigenvalue weighted by molar-refractivity contribution is -0.119. The second-order valence-electron chi connectivity index (χ2n) is 5.67. The van der Waals surface area contributed by atoms with Crippen LogP contribution in [0.2, 0.25) is 0 Å². The molecule has 0 atom stereocenters. The van der Waals surface area contributed by atoms with Gasteiger partial charge in [-0.15, -0.1) is 0 Å². The monoisotopic (exact) mass is 377 g/mol. The van der Waals surface area contributed by atoms with Crippen molar-refractivity contribution in [1.29, 1.82) is 0 Å². The second kappa shape index (κ2) is 7.67. The van der Waals surface area contributed by atoms with E-state index in [2.05, 4.69) is 9.97 Å². The summed E-state index contributed by atoms with van der Waals surface area (Å²) in [5.41, 5.74) is 5.01.